The van der Waals surface area contributed by atoms with Gasteiger partial charge in [0.1, 0.15) is 6.61 Å². The van der Waals surface area contributed by atoms with Crippen LogP contribution < -0.4 is 5.32 Å². The van der Waals surface area contributed by atoms with Gasteiger partial charge in [0.2, 0.25) is 0 Å². The summed E-state index contributed by atoms with van der Waals surface area (Å²) in [5.41, 5.74) is 0.930. The molecular formula is C17H23N3O3. The van der Waals surface area contributed by atoms with Crippen molar-refractivity contribution in [1.29, 1.82) is 5.26 Å². The number of amides is 1. The first-order valence-electron chi connectivity index (χ1n) is 7.83. The maximum absolute atomic E-state index is 11.9. The fourth-order valence-electron chi connectivity index (χ4n) is 2.85. The number of carbonyl (C=O) groups is 1. The van der Waals surface area contributed by atoms with Crippen LogP contribution in [-0.4, -0.2) is 47.9 Å². The van der Waals surface area contributed by atoms with E-state index in [4.69, 9.17) is 10.00 Å². The molecule has 0 aliphatic carbocycles. The second-order valence-corrected chi connectivity index (χ2v) is 5.99. The van der Waals surface area contributed by atoms with E-state index in [1.54, 1.807) is 6.92 Å². The van der Waals surface area contributed by atoms with Crippen molar-refractivity contribution < 1.29 is 14.6 Å². The Bertz CT molecular complexity index is 542. The summed E-state index contributed by atoms with van der Waals surface area (Å²) in [6.07, 6.45) is -0.261. The maximum Gasteiger partial charge on any atom is 0.407 e. The Hall–Kier alpha value is -2.10. The fourth-order valence-corrected chi connectivity index (χ4v) is 2.85. The van der Waals surface area contributed by atoms with Gasteiger partial charge < -0.3 is 15.2 Å². The number of hydrogen-bond donors (Lipinski definition) is 2. The standard InChI is InChI=1S/C17H23N3O3/c1-13(21)15-9-16(11-20(10-15)8-7-18)19-17(22)23-12-14-5-3-2-4-6-14/h2-6,13,15-16,21H,8-12H2,1H3,(H,19,22). The molecular weight excluding hydrogens is 294 g/mol. The highest BCUT2D eigenvalue weighted by Gasteiger charge is 2.30. The third-order valence-corrected chi connectivity index (χ3v) is 4.07. The van der Waals surface area contributed by atoms with Crippen LogP contribution in [0.1, 0.15) is 18.9 Å². The van der Waals surface area contributed by atoms with Crippen molar-refractivity contribution in [2.24, 2.45) is 5.92 Å². The number of aliphatic hydroxyl groups excluding tert-OH is 1. The zero-order chi connectivity index (χ0) is 16.7. The number of piperidine rings is 1. The molecule has 1 saturated heterocycles. The zero-order valence-electron chi connectivity index (χ0n) is 13.3. The minimum atomic E-state index is -0.471. The van der Waals surface area contributed by atoms with E-state index in [0.29, 0.717) is 26.1 Å². The molecule has 0 spiro atoms. The number of nitrogens with one attached hydrogen (secondary N) is 1. The van der Waals surface area contributed by atoms with Crippen LogP contribution in [0.25, 0.3) is 0 Å². The molecule has 1 aromatic carbocycles. The number of carbonyl (C=O) groups excluding carboxylic acids is 1. The summed E-state index contributed by atoms with van der Waals surface area (Å²) >= 11 is 0. The van der Waals surface area contributed by atoms with Gasteiger partial charge in [-0.25, -0.2) is 4.79 Å². The van der Waals surface area contributed by atoms with Crippen LogP contribution in [-0.2, 0) is 11.3 Å². The Morgan fingerprint density at radius 2 is 2.22 bits per heavy atom. The molecule has 0 aromatic heterocycles. The van der Waals surface area contributed by atoms with Crippen LogP contribution in [0.2, 0.25) is 0 Å². The highest BCUT2D eigenvalue weighted by Crippen LogP contribution is 2.20. The highest BCUT2D eigenvalue weighted by atomic mass is 16.5. The number of benzene rings is 1. The molecule has 1 aliphatic rings. The molecule has 6 heteroatoms. The summed E-state index contributed by atoms with van der Waals surface area (Å²) in [5.74, 6) is 0.0384. The van der Waals surface area contributed by atoms with Crippen LogP contribution in [0.4, 0.5) is 4.79 Å². The highest BCUT2D eigenvalue weighted by molar-refractivity contribution is 5.67. The Morgan fingerprint density at radius 1 is 1.48 bits per heavy atom. The van der Waals surface area contributed by atoms with Gasteiger partial charge in [0.15, 0.2) is 0 Å². The van der Waals surface area contributed by atoms with Gasteiger partial charge in [-0.1, -0.05) is 30.3 Å². The summed E-state index contributed by atoms with van der Waals surface area (Å²) < 4.78 is 5.23. The molecule has 23 heavy (non-hydrogen) atoms. The quantitative estimate of drug-likeness (QED) is 0.804. The molecule has 3 atom stereocenters. The lowest BCUT2D eigenvalue weighted by molar-refractivity contribution is 0.0506. The molecule has 0 radical (unpaired) electrons. The van der Waals surface area contributed by atoms with Gasteiger partial charge in [-0.3, -0.25) is 4.90 Å². The van der Waals surface area contributed by atoms with Crippen molar-refractivity contribution in [3.8, 4) is 6.07 Å². The molecule has 1 heterocycles. The predicted molar refractivity (Wildman–Crippen MR) is 85.4 cm³/mol. The van der Waals surface area contributed by atoms with E-state index in [1.807, 2.05) is 35.2 Å². The molecule has 2 rings (SSSR count). The van der Waals surface area contributed by atoms with Gasteiger partial charge in [0.25, 0.3) is 0 Å². The lowest BCUT2D eigenvalue weighted by Crippen LogP contribution is -2.52. The summed E-state index contributed by atoms with van der Waals surface area (Å²) in [5, 5.41) is 21.5. The first-order chi connectivity index (χ1) is 11.1. The molecule has 2 N–H and O–H groups in total. The summed E-state index contributed by atoms with van der Waals surface area (Å²) in [6, 6.07) is 11.5. The molecule has 1 fully saturated rings. The van der Waals surface area contributed by atoms with E-state index in [0.717, 1.165) is 5.56 Å². The van der Waals surface area contributed by atoms with Crippen molar-refractivity contribution >= 4 is 6.09 Å². The van der Waals surface area contributed by atoms with E-state index in [2.05, 4.69) is 11.4 Å². The molecule has 0 saturated carbocycles. The number of aliphatic hydroxyl groups is 1. The molecule has 1 amide bonds. The largest absolute Gasteiger partial charge is 0.445 e. The Labute approximate surface area is 136 Å². The van der Waals surface area contributed by atoms with Gasteiger partial charge in [0, 0.05) is 19.1 Å². The van der Waals surface area contributed by atoms with E-state index >= 15 is 0 Å². The normalized spacial score (nSPS) is 22.8. The van der Waals surface area contributed by atoms with E-state index < -0.39 is 12.2 Å². The van der Waals surface area contributed by atoms with Crippen molar-refractivity contribution in [1.82, 2.24) is 10.2 Å². The maximum atomic E-state index is 11.9. The number of likely N-dealkylation sites (tertiary alicyclic amines) is 1. The van der Waals surface area contributed by atoms with Crippen molar-refractivity contribution in [2.45, 2.75) is 32.1 Å². The minimum absolute atomic E-state index is 0.0384. The van der Waals surface area contributed by atoms with Gasteiger partial charge in [-0.15, -0.1) is 0 Å². The second kappa shape index (κ2) is 8.51. The third-order valence-electron chi connectivity index (χ3n) is 4.07. The smallest absolute Gasteiger partial charge is 0.407 e. The average molecular weight is 317 g/mol. The van der Waals surface area contributed by atoms with Gasteiger partial charge >= 0.3 is 6.09 Å². The van der Waals surface area contributed by atoms with Crippen LogP contribution in [0.3, 0.4) is 0 Å². The zero-order valence-corrected chi connectivity index (χ0v) is 13.3. The number of ether oxygens (including phenoxy) is 1. The van der Waals surface area contributed by atoms with E-state index in [1.165, 1.54) is 0 Å². The van der Waals surface area contributed by atoms with Gasteiger partial charge in [-0.05, 0) is 24.8 Å². The SMILES string of the molecule is CC(O)C1CC(NC(=O)OCc2ccccc2)CN(CC#N)C1. The van der Waals surface area contributed by atoms with Crippen molar-refractivity contribution in [2.75, 3.05) is 19.6 Å². The lowest BCUT2D eigenvalue weighted by atomic mass is 9.90. The molecule has 1 aromatic rings. The molecule has 3 unspecified atom stereocenters. The average Bonchev–Trinajstić information content (AvgIpc) is 2.54. The van der Waals surface area contributed by atoms with Crippen molar-refractivity contribution in [3.63, 3.8) is 0 Å². The first kappa shape index (κ1) is 17.3. The molecule has 0 bridgehead atoms. The summed E-state index contributed by atoms with van der Waals surface area (Å²) in [4.78, 5) is 13.9. The molecule has 124 valence electrons. The van der Waals surface area contributed by atoms with Gasteiger partial charge in [-0.2, -0.15) is 5.26 Å². The van der Waals surface area contributed by atoms with Gasteiger partial charge in [0.05, 0.1) is 18.7 Å². The number of nitrogens with zero attached hydrogens (tertiary/aromatic N) is 2. The van der Waals surface area contributed by atoms with E-state index in [-0.39, 0.29) is 18.6 Å². The van der Waals surface area contributed by atoms with Crippen LogP contribution in [0.5, 0.6) is 0 Å². The topological polar surface area (TPSA) is 85.6 Å². The minimum Gasteiger partial charge on any atom is -0.445 e. The Kier molecular flexibility index (Phi) is 6.39. The first-order valence-corrected chi connectivity index (χ1v) is 7.83. The predicted octanol–water partition coefficient (Wildman–Crippen LogP) is 1.51. The molecule has 6 nitrogen and oxygen atoms in total. The second-order valence-electron chi connectivity index (χ2n) is 5.99. The van der Waals surface area contributed by atoms with Crippen LogP contribution in [0.15, 0.2) is 30.3 Å². The monoisotopic (exact) mass is 317 g/mol. The lowest BCUT2D eigenvalue weighted by Gasteiger charge is -2.37. The van der Waals surface area contributed by atoms with Crippen molar-refractivity contribution in [3.05, 3.63) is 35.9 Å². The molecule has 1 aliphatic heterocycles. The number of hydrogen-bond acceptors (Lipinski definition) is 5. The van der Waals surface area contributed by atoms with Crippen LogP contribution in [0, 0.1) is 17.2 Å². The van der Waals surface area contributed by atoms with E-state index in [9.17, 15) is 9.90 Å². The number of rotatable bonds is 5. The number of alkyl carbamates (subject to hydrolysis) is 1. The summed E-state index contributed by atoms with van der Waals surface area (Å²) in [7, 11) is 0. The Balaban J connectivity index is 1.84. The Morgan fingerprint density at radius 3 is 2.87 bits per heavy atom. The number of nitriles is 1. The van der Waals surface area contributed by atoms with Crippen LogP contribution >= 0.6 is 0 Å². The fraction of sp³-hybridized carbons (Fsp3) is 0.529. The summed E-state index contributed by atoms with van der Waals surface area (Å²) in [6.45, 7) is 3.52. The third kappa shape index (κ3) is 5.55.